The summed E-state index contributed by atoms with van der Waals surface area (Å²) in [5, 5.41) is 12.3. The third-order valence-electron chi connectivity index (χ3n) is 5.34. The highest BCUT2D eigenvalue weighted by molar-refractivity contribution is 6.38. The number of carbonyl (C=O) groups is 1. The summed E-state index contributed by atoms with van der Waals surface area (Å²) in [6, 6.07) is 8.44. The maximum atomic E-state index is 12.3. The Morgan fingerprint density at radius 3 is 1.81 bits per heavy atom. The van der Waals surface area contributed by atoms with Crippen LogP contribution in [0.1, 0.15) is 40.3 Å². The van der Waals surface area contributed by atoms with E-state index in [4.69, 9.17) is 0 Å². The van der Waals surface area contributed by atoms with Gasteiger partial charge in [-0.3, -0.25) is 0 Å². The minimum atomic E-state index is -1.14. The van der Waals surface area contributed by atoms with Crippen LogP contribution in [0.5, 0.6) is 0 Å². The SMILES string of the molecule is Cc1cc(C)c(N2C(C(=O)[O-])=[N+](c3c(C)cc(C)cc3C)CC2C)c(C)c1. The van der Waals surface area contributed by atoms with Gasteiger partial charge in [0.05, 0.1) is 0 Å². The van der Waals surface area contributed by atoms with Gasteiger partial charge in [-0.25, -0.2) is 9.48 Å². The Kier molecular flexibility index (Phi) is 4.85. The lowest BCUT2D eigenvalue weighted by molar-refractivity contribution is -0.436. The molecule has 142 valence electrons. The van der Waals surface area contributed by atoms with Gasteiger partial charge in [-0.1, -0.05) is 35.4 Å². The van der Waals surface area contributed by atoms with E-state index in [1.165, 1.54) is 11.1 Å². The van der Waals surface area contributed by atoms with Crippen LogP contribution >= 0.6 is 0 Å². The number of amidine groups is 1. The molecule has 0 aromatic heterocycles. The van der Waals surface area contributed by atoms with Gasteiger partial charge in [0.25, 0.3) is 0 Å². The fraction of sp³-hybridized carbons (Fsp3) is 0.391. The molecule has 3 rings (SSSR count). The van der Waals surface area contributed by atoms with E-state index < -0.39 is 5.97 Å². The highest BCUT2D eigenvalue weighted by atomic mass is 16.4. The number of carbonyl (C=O) groups excluding carboxylic acids is 1. The predicted octanol–water partition coefficient (Wildman–Crippen LogP) is 3.24. The zero-order valence-electron chi connectivity index (χ0n) is 17.3. The van der Waals surface area contributed by atoms with Crippen molar-refractivity contribution >= 4 is 23.2 Å². The second-order valence-corrected chi connectivity index (χ2v) is 7.94. The average molecular weight is 364 g/mol. The van der Waals surface area contributed by atoms with Crippen molar-refractivity contribution in [2.45, 2.75) is 54.5 Å². The number of rotatable bonds is 3. The van der Waals surface area contributed by atoms with E-state index in [0.717, 1.165) is 33.6 Å². The minimum absolute atomic E-state index is 0.0260. The number of carboxylic acid groups (broad SMARTS) is 1. The molecule has 0 saturated heterocycles. The second kappa shape index (κ2) is 6.84. The molecule has 1 atom stereocenters. The molecule has 1 aliphatic rings. The van der Waals surface area contributed by atoms with Crippen molar-refractivity contribution in [2.75, 3.05) is 11.4 Å². The molecule has 1 aliphatic heterocycles. The molecule has 4 nitrogen and oxygen atoms in total. The Hall–Kier alpha value is -2.62. The van der Waals surface area contributed by atoms with Gasteiger partial charge < -0.3 is 9.90 Å². The van der Waals surface area contributed by atoms with E-state index in [2.05, 4.69) is 45.0 Å². The summed E-state index contributed by atoms with van der Waals surface area (Å²) in [7, 11) is 0. The molecule has 1 unspecified atom stereocenters. The van der Waals surface area contributed by atoms with Crippen molar-refractivity contribution in [3.05, 3.63) is 57.6 Å². The number of benzene rings is 2. The minimum Gasteiger partial charge on any atom is -0.538 e. The summed E-state index contributed by atoms with van der Waals surface area (Å²) in [4.78, 5) is 14.2. The van der Waals surface area contributed by atoms with Crippen LogP contribution in [0, 0.1) is 41.5 Å². The van der Waals surface area contributed by atoms with Crippen LogP contribution < -0.4 is 10.0 Å². The lowest BCUT2D eigenvalue weighted by Gasteiger charge is -2.22. The number of carboxylic acids is 1. The first-order valence-electron chi connectivity index (χ1n) is 9.42. The number of hydrogen-bond donors (Lipinski definition) is 0. The molecule has 0 spiro atoms. The Morgan fingerprint density at radius 1 is 0.926 bits per heavy atom. The van der Waals surface area contributed by atoms with Gasteiger partial charge >= 0.3 is 5.84 Å². The van der Waals surface area contributed by atoms with E-state index in [1.807, 2.05) is 37.2 Å². The topological polar surface area (TPSA) is 46.4 Å². The highest BCUT2D eigenvalue weighted by Crippen LogP contribution is 2.34. The molecule has 2 aromatic carbocycles. The van der Waals surface area contributed by atoms with Gasteiger partial charge in [0.1, 0.15) is 24.0 Å². The van der Waals surface area contributed by atoms with E-state index in [9.17, 15) is 9.90 Å². The molecule has 1 heterocycles. The van der Waals surface area contributed by atoms with Crippen molar-refractivity contribution in [3.63, 3.8) is 0 Å². The summed E-state index contributed by atoms with van der Waals surface area (Å²) in [5.74, 6) is -0.911. The molecule has 0 amide bonds. The monoisotopic (exact) mass is 364 g/mol. The molecule has 0 fully saturated rings. The molecule has 0 bridgehead atoms. The van der Waals surface area contributed by atoms with Gasteiger partial charge in [-0.15, -0.1) is 0 Å². The third kappa shape index (κ3) is 3.25. The Bertz CT molecular complexity index is 926. The van der Waals surface area contributed by atoms with Gasteiger partial charge in [-0.05, 0) is 70.7 Å². The summed E-state index contributed by atoms with van der Waals surface area (Å²) in [6.07, 6.45) is 0. The Labute approximate surface area is 161 Å². The van der Waals surface area contributed by atoms with Crippen LogP contribution in [0.15, 0.2) is 24.3 Å². The van der Waals surface area contributed by atoms with Crippen molar-refractivity contribution in [1.29, 1.82) is 0 Å². The molecule has 0 saturated carbocycles. The second-order valence-electron chi connectivity index (χ2n) is 7.94. The van der Waals surface area contributed by atoms with E-state index in [0.29, 0.717) is 6.54 Å². The van der Waals surface area contributed by atoms with Crippen LogP contribution in [-0.2, 0) is 4.79 Å². The van der Waals surface area contributed by atoms with Crippen molar-refractivity contribution in [2.24, 2.45) is 0 Å². The summed E-state index contributed by atoms with van der Waals surface area (Å²) >= 11 is 0. The zero-order chi connectivity index (χ0) is 20.0. The number of nitrogens with zero attached hydrogens (tertiary/aromatic N) is 2. The lowest BCUT2D eigenvalue weighted by atomic mass is 10.0. The van der Waals surface area contributed by atoms with Gasteiger partial charge in [0, 0.05) is 0 Å². The van der Waals surface area contributed by atoms with Gasteiger partial charge in [0.15, 0.2) is 5.97 Å². The molecule has 27 heavy (non-hydrogen) atoms. The molecule has 0 aliphatic carbocycles. The number of hydrogen-bond acceptors (Lipinski definition) is 3. The maximum absolute atomic E-state index is 12.3. The fourth-order valence-corrected chi connectivity index (χ4v) is 4.65. The number of anilines is 1. The third-order valence-corrected chi connectivity index (χ3v) is 5.34. The van der Waals surface area contributed by atoms with Crippen molar-refractivity contribution < 1.29 is 14.5 Å². The number of aryl methyl sites for hydroxylation is 6. The molecule has 4 heteroatoms. The molecular weight excluding hydrogens is 336 g/mol. The van der Waals surface area contributed by atoms with Crippen LogP contribution in [0.4, 0.5) is 11.4 Å². The fourth-order valence-electron chi connectivity index (χ4n) is 4.65. The quantitative estimate of drug-likeness (QED) is 0.786. The van der Waals surface area contributed by atoms with Crippen LogP contribution in [0.3, 0.4) is 0 Å². The van der Waals surface area contributed by atoms with Gasteiger partial charge in [-0.2, -0.15) is 0 Å². The van der Waals surface area contributed by atoms with Crippen LogP contribution in [0.2, 0.25) is 0 Å². The van der Waals surface area contributed by atoms with Gasteiger partial charge in [0.2, 0.25) is 0 Å². The van der Waals surface area contributed by atoms with Crippen molar-refractivity contribution in [1.82, 2.24) is 0 Å². The smallest absolute Gasteiger partial charge is 0.306 e. The highest BCUT2D eigenvalue weighted by Gasteiger charge is 2.42. The standard InChI is InChI=1S/C23H28N2O2/c1-13-8-15(3)20(16(4)9-13)24-12-19(7)25(22(24)23(26)27)21-17(5)10-14(2)11-18(21)6/h8-11,19H,12H2,1-7H3. The largest absolute Gasteiger partial charge is 0.538 e. The Morgan fingerprint density at radius 2 is 1.37 bits per heavy atom. The summed E-state index contributed by atoms with van der Waals surface area (Å²) in [5.41, 5.74) is 8.62. The van der Waals surface area contributed by atoms with Crippen LogP contribution in [-0.4, -0.2) is 29.0 Å². The van der Waals surface area contributed by atoms with E-state index >= 15 is 0 Å². The lowest BCUT2D eigenvalue weighted by Crippen LogP contribution is -2.46. The summed E-state index contributed by atoms with van der Waals surface area (Å²) < 4.78 is 1.92. The van der Waals surface area contributed by atoms with E-state index in [-0.39, 0.29) is 11.9 Å². The normalized spacial score (nSPS) is 17.0. The molecule has 0 radical (unpaired) electrons. The zero-order valence-corrected chi connectivity index (χ0v) is 17.3. The molecule has 0 N–H and O–H groups in total. The summed E-state index contributed by atoms with van der Waals surface area (Å²) in [6.45, 7) is 15.0. The van der Waals surface area contributed by atoms with Crippen LogP contribution in [0.25, 0.3) is 0 Å². The molecule has 2 aromatic rings. The first-order chi connectivity index (χ1) is 12.6. The maximum Gasteiger partial charge on any atom is 0.306 e. The number of aliphatic carboxylic acids is 1. The average Bonchev–Trinajstić information content (AvgIpc) is 2.82. The Balaban J connectivity index is 2.28. The first kappa shape index (κ1) is 19.2. The van der Waals surface area contributed by atoms with E-state index in [1.54, 1.807) is 0 Å². The first-order valence-corrected chi connectivity index (χ1v) is 9.42. The molecular formula is C23H28N2O2. The van der Waals surface area contributed by atoms with Crippen molar-refractivity contribution in [3.8, 4) is 0 Å². The predicted molar refractivity (Wildman–Crippen MR) is 108 cm³/mol.